The first kappa shape index (κ1) is 25.8. The van der Waals surface area contributed by atoms with Gasteiger partial charge < -0.3 is 4.42 Å². The van der Waals surface area contributed by atoms with Crippen LogP contribution in [0.25, 0.3) is 76.5 Å². The first-order valence-electron chi connectivity index (χ1n) is 15.7. The zero-order valence-corrected chi connectivity index (χ0v) is 24.8. The molecule has 0 spiro atoms. The van der Waals surface area contributed by atoms with Gasteiger partial charge in [-0.15, -0.1) is 0 Å². The fourth-order valence-corrected chi connectivity index (χ4v) is 7.48. The number of rotatable bonds is 5. The standard InChI is InChI=1S/C44H30O/c1-2-13-29(14-3-1)32-17-6-9-21-37(32)43-38-22-10-7-19-34(38)36(35-20-8-11-23-39(35)43)27-25-31-16-12-24-40-42(31)44-33-18-5-4-15-30(33)26-28-41(44)45-40/h1-24,26,28H,25,27H2. The lowest BCUT2D eigenvalue weighted by molar-refractivity contribution is 0.669. The highest BCUT2D eigenvalue weighted by Crippen LogP contribution is 2.44. The van der Waals surface area contributed by atoms with Gasteiger partial charge in [0.05, 0.1) is 0 Å². The maximum absolute atomic E-state index is 6.41. The molecule has 8 aromatic carbocycles. The first-order chi connectivity index (χ1) is 22.3. The average Bonchev–Trinajstić information content (AvgIpc) is 3.51. The monoisotopic (exact) mass is 574 g/mol. The van der Waals surface area contributed by atoms with E-state index >= 15 is 0 Å². The van der Waals surface area contributed by atoms with Crippen LogP contribution in [0.1, 0.15) is 11.1 Å². The minimum atomic E-state index is 0.920. The largest absolute Gasteiger partial charge is 0.456 e. The Hall–Kier alpha value is -5.66. The van der Waals surface area contributed by atoms with E-state index in [0.29, 0.717) is 0 Å². The molecule has 0 saturated heterocycles. The van der Waals surface area contributed by atoms with E-state index in [4.69, 9.17) is 4.42 Å². The van der Waals surface area contributed by atoms with Gasteiger partial charge in [0.2, 0.25) is 0 Å². The van der Waals surface area contributed by atoms with Crippen LogP contribution in [0.3, 0.4) is 0 Å². The second kappa shape index (κ2) is 10.5. The van der Waals surface area contributed by atoms with Crippen LogP contribution < -0.4 is 0 Å². The summed E-state index contributed by atoms with van der Waals surface area (Å²) in [5.41, 5.74) is 9.70. The zero-order chi connectivity index (χ0) is 29.7. The molecule has 0 fully saturated rings. The molecule has 9 aromatic rings. The lowest BCUT2D eigenvalue weighted by Gasteiger charge is -2.19. The molecular formula is C44H30O. The molecule has 0 aliphatic heterocycles. The smallest absolute Gasteiger partial charge is 0.136 e. The number of hydrogen-bond donors (Lipinski definition) is 0. The van der Waals surface area contributed by atoms with Crippen molar-refractivity contribution in [1.29, 1.82) is 0 Å². The molecule has 1 nitrogen and oxygen atoms in total. The molecule has 9 rings (SSSR count). The lowest BCUT2D eigenvalue weighted by Crippen LogP contribution is -1.98. The highest BCUT2D eigenvalue weighted by molar-refractivity contribution is 6.20. The summed E-state index contributed by atoms with van der Waals surface area (Å²) in [6.07, 6.45) is 1.85. The van der Waals surface area contributed by atoms with Gasteiger partial charge in [0.25, 0.3) is 0 Å². The quantitative estimate of drug-likeness (QED) is 0.186. The molecule has 0 bridgehead atoms. The number of hydrogen-bond acceptors (Lipinski definition) is 1. The maximum Gasteiger partial charge on any atom is 0.136 e. The van der Waals surface area contributed by atoms with E-state index in [-0.39, 0.29) is 0 Å². The molecule has 0 aliphatic carbocycles. The Morgan fingerprint density at radius 1 is 0.378 bits per heavy atom. The predicted molar refractivity (Wildman–Crippen MR) is 191 cm³/mol. The minimum Gasteiger partial charge on any atom is -0.456 e. The fraction of sp³-hybridized carbons (Fsp3) is 0.0455. The summed E-state index contributed by atoms with van der Waals surface area (Å²) in [7, 11) is 0. The number of aryl methyl sites for hydroxylation is 2. The molecule has 0 radical (unpaired) electrons. The third-order valence-electron chi connectivity index (χ3n) is 9.44. The van der Waals surface area contributed by atoms with Crippen LogP contribution in [0, 0.1) is 0 Å². The van der Waals surface area contributed by atoms with E-state index < -0.39 is 0 Å². The highest BCUT2D eigenvalue weighted by Gasteiger charge is 2.19. The zero-order valence-electron chi connectivity index (χ0n) is 24.8. The van der Waals surface area contributed by atoms with Crippen molar-refractivity contribution in [3.05, 3.63) is 169 Å². The maximum atomic E-state index is 6.41. The SMILES string of the molecule is c1ccc(-c2ccccc2-c2c3ccccc3c(CCc3cccc4oc5ccc6ccccc6c5c34)c3ccccc23)cc1. The summed E-state index contributed by atoms with van der Waals surface area (Å²) in [5, 5.41) is 10.2. The molecule has 0 saturated carbocycles. The molecule has 0 aliphatic rings. The average molecular weight is 575 g/mol. The summed E-state index contributed by atoms with van der Waals surface area (Å²) >= 11 is 0. The van der Waals surface area contributed by atoms with Crippen LogP contribution in [0.4, 0.5) is 0 Å². The van der Waals surface area contributed by atoms with Gasteiger partial charge in [-0.05, 0) is 90.7 Å². The summed E-state index contributed by atoms with van der Waals surface area (Å²) in [6.45, 7) is 0. The Morgan fingerprint density at radius 3 is 1.73 bits per heavy atom. The molecule has 0 atom stereocenters. The third kappa shape index (κ3) is 4.16. The van der Waals surface area contributed by atoms with Gasteiger partial charge in [-0.1, -0.05) is 146 Å². The Labute approximate surface area is 262 Å². The van der Waals surface area contributed by atoms with Crippen molar-refractivity contribution in [3.63, 3.8) is 0 Å². The van der Waals surface area contributed by atoms with Crippen LogP contribution in [0.2, 0.25) is 0 Å². The second-order valence-electron chi connectivity index (χ2n) is 11.9. The first-order valence-corrected chi connectivity index (χ1v) is 15.7. The van der Waals surface area contributed by atoms with E-state index in [0.717, 1.165) is 24.0 Å². The summed E-state index contributed by atoms with van der Waals surface area (Å²) in [4.78, 5) is 0. The van der Waals surface area contributed by atoms with Crippen molar-refractivity contribution in [3.8, 4) is 22.3 Å². The van der Waals surface area contributed by atoms with E-state index in [9.17, 15) is 0 Å². The van der Waals surface area contributed by atoms with Crippen molar-refractivity contribution >= 4 is 54.3 Å². The summed E-state index contributed by atoms with van der Waals surface area (Å²) in [5.74, 6) is 0. The summed E-state index contributed by atoms with van der Waals surface area (Å²) < 4.78 is 6.41. The normalized spacial score (nSPS) is 11.7. The molecule has 1 aromatic heterocycles. The third-order valence-corrected chi connectivity index (χ3v) is 9.44. The van der Waals surface area contributed by atoms with Crippen LogP contribution >= 0.6 is 0 Å². The molecule has 0 amide bonds. The Morgan fingerprint density at radius 2 is 0.978 bits per heavy atom. The van der Waals surface area contributed by atoms with Gasteiger partial charge in [0.15, 0.2) is 0 Å². The number of fused-ring (bicyclic) bond motifs is 7. The second-order valence-corrected chi connectivity index (χ2v) is 11.9. The molecule has 0 N–H and O–H groups in total. The van der Waals surface area contributed by atoms with Gasteiger partial charge >= 0.3 is 0 Å². The van der Waals surface area contributed by atoms with E-state index in [1.807, 2.05) is 0 Å². The lowest BCUT2D eigenvalue weighted by atomic mass is 9.84. The van der Waals surface area contributed by atoms with Crippen LogP contribution in [0.15, 0.2) is 162 Å². The fourth-order valence-electron chi connectivity index (χ4n) is 7.48. The topological polar surface area (TPSA) is 13.1 Å². The summed E-state index contributed by atoms with van der Waals surface area (Å²) in [6, 6.07) is 57.0. The molecule has 0 unspecified atom stereocenters. The van der Waals surface area contributed by atoms with Gasteiger partial charge in [-0.2, -0.15) is 0 Å². The molecule has 1 heteroatoms. The Kier molecular flexibility index (Phi) is 6.02. The van der Waals surface area contributed by atoms with E-state index in [2.05, 4.69) is 158 Å². The van der Waals surface area contributed by atoms with Crippen LogP contribution in [-0.2, 0) is 12.8 Å². The predicted octanol–water partition coefficient (Wildman–Crippen LogP) is 12.2. The van der Waals surface area contributed by atoms with Crippen molar-refractivity contribution in [1.82, 2.24) is 0 Å². The van der Waals surface area contributed by atoms with Gasteiger partial charge in [-0.3, -0.25) is 0 Å². The van der Waals surface area contributed by atoms with Crippen LogP contribution in [0.5, 0.6) is 0 Å². The minimum absolute atomic E-state index is 0.920. The van der Waals surface area contributed by atoms with E-state index in [1.54, 1.807) is 0 Å². The van der Waals surface area contributed by atoms with E-state index in [1.165, 1.54) is 76.5 Å². The number of furan rings is 1. The molecule has 45 heavy (non-hydrogen) atoms. The Balaban J connectivity index is 1.24. The van der Waals surface area contributed by atoms with Gasteiger partial charge in [0, 0.05) is 10.8 Å². The Bertz CT molecular complexity index is 2480. The number of benzene rings is 8. The molecule has 1 heterocycles. The molecule has 212 valence electrons. The van der Waals surface area contributed by atoms with Crippen molar-refractivity contribution in [2.45, 2.75) is 12.8 Å². The van der Waals surface area contributed by atoms with Crippen molar-refractivity contribution in [2.24, 2.45) is 0 Å². The molecular weight excluding hydrogens is 544 g/mol. The van der Waals surface area contributed by atoms with Gasteiger partial charge in [0.1, 0.15) is 11.2 Å². The van der Waals surface area contributed by atoms with Crippen molar-refractivity contribution < 1.29 is 4.42 Å². The van der Waals surface area contributed by atoms with Crippen molar-refractivity contribution in [2.75, 3.05) is 0 Å². The van der Waals surface area contributed by atoms with Gasteiger partial charge in [-0.25, -0.2) is 0 Å². The highest BCUT2D eigenvalue weighted by atomic mass is 16.3. The van der Waals surface area contributed by atoms with Crippen LogP contribution in [-0.4, -0.2) is 0 Å².